The Morgan fingerprint density at radius 1 is 1.14 bits per heavy atom. The van der Waals surface area contributed by atoms with Gasteiger partial charge in [0.15, 0.2) is 0 Å². The summed E-state index contributed by atoms with van der Waals surface area (Å²) in [6.07, 6.45) is 0. The molecule has 0 aliphatic heterocycles. The van der Waals surface area contributed by atoms with Gasteiger partial charge in [-0.2, -0.15) is 0 Å². The Morgan fingerprint density at radius 3 is 2.48 bits per heavy atom. The summed E-state index contributed by atoms with van der Waals surface area (Å²) in [5.41, 5.74) is 0.279. The number of sulfonamides is 1. The van der Waals surface area contributed by atoms with Crippen LogP contribution in [0.4, 0.5) is 10.1 Å². The maximum absolute atomic E-state index is 13.3. The SMILES string of the molecule is O=S(=O)(Nc1ccc(Br)cc1Br)c1ccc(F)c(CO)c1. The van der Waals surface area contributed by atoms with Crippen molar-refractivity contribution in [1.29, 1.82) is 0 Å². The minimum Gasteiger partial charge on any atom is -0.392 e. The van der Waals surface area contributed by atoms with Crippen molar-refractivity contribution in [2.75, 3.05) is 4.72 Å². The highest BCUT2D eigenvalue weighted by atomic mass is 79.9. The predicted molar refractivity (Wildman–Crippen MR) is 85.0 cm³/mol. The number of nitrogens with one attached hydrogen (secondary N) is 1. The van der Waals surface area contributed by atoms with Crippen molar-refractivity contribution in [2.45, 2.75) is 11.5 Å². The molecule has 0 aliphatic carbocycles. The third-order valence-electron chi connectivity index (χ3n) is 2.67. The van der Waals surface area contributed by atoms with E-state index in [1.807, 2.05) is 0 Å². The minimum atomic E-state index is -3.87. The molecule has 0 heterocycles. The molecule has 4 nitrogen and oxygen atoms in total. The quantitative estimate of drug-likeness (QED) is 0.765. The number of hydrogen-bond donors (Lipinski definition) is 2. The smallest absolute Gasteiger partial charge is 0.261 e. The fourth-order valence-electron chi connectivity index (χ4n) is 1.62. The summed E-state index contributed by atoms with van der Waals surface area (Å²) in [6.45, 7) is -0.572. The summed E-state index contributed by atoms with van der Waals surface area (Å²) in [6, 6.07) is 8.22. The second-order valence-corrected chi connectivity index (χ2v) is 7.59. The van der Waals surface area contributed by atoms with E-state index in [0.29, 0.717) is 10.2 Å². The van der Waals surface area contributed by atoms with Crippen LogP contribution >= 0.6 is 31.9 Å². The third kappa shape index (κ3) is 3.82. The van der Waals surface area contributed by atoms with E-state index in [9.17, 15) is 12.8 Å². The maximum Gasteiger partial charge on any atom is 0.261 e. The number of anilines is 1. The molecule has 0 aromatic heterocycles. The molecule has 0 amide bonds. The van der Waals surface area contributed by atoms with Crippen LogP contribution in [0.2, 0.25) is 0 Å². The molecule has 0 aliphatic rings. The fraction of sp³-hybridized carbons (Fsp3) is 0.0769. The average Bonchev–Trinajstić information content (AvgIpc) is 2.42. The number of aliphatic hydroxyl groups excluding tert-OH is 1. The summed E-state index contributed by atoms with van der Waals surface area (Å²) in [4.78, 5) is -0.122. The molecule has 0 saturated carbocycles. The molecule has 0 spiro atoms. The third-order valence-corrected chi connectivity index (χ3v) is 5.19. The van der Waals surface area contributed by atoms with Crippen molar-refractivity contribution < 1.29 is 17.9 Å². The van der Waals surface area contributed by atoms with Gasteiger partial charge in [-0.1, -0.05) is 15.9 Å². The Bertz CT molecular complexity index is 781. The summed E-state index contributed by atoms with van der Waals surface area (Å²) in [7, 11) is -3.87. The van der Waals surface area contributed by atoms with Crippen molar-refractivity contribution in [2.24, 2.45) is 0 Å². The lowest BCUT2D eigenvalue weighted by Crippen LogP contribution is -2.14. The fourth-order valence-corrected chi connectivity index (χ4v) is 4.02. The normalized spacial score (nSPS) is 11.4. The summed E-state index contributed by atoms with van der Waals surface area (Å²) >= 11 is 6.53. The van der Waals surface area contributed by atoms with Gasteiger partial charge in [-0.15, -0.1) is 0 Å². The molecule has 0 radical (unpaired) electrons. The number of halogens is 3. The second-order valence-electron chi connectivity index (χ2n) is 4.14. The minimum absolute atomic E-state index is 0.0762. The Balaban J connectivity index is 2.38. The second kappa shape index (κ2) is 6.43. The molecule has 0 fully saturated rings. The van der Waals surface area contributed by atoms with Gasteiger partial charge in [0.05, 0.1) is 17.2 Å². The number of benzene rings is 2. The van der Waals surface area contributed by atoms with Crippen LogP contribution in [-0.2, 0) is 16.6 Å². The topological polar surface area (TPSA) is 66.4 Å². The summed E-state index contributed by atoms with van der Waals surface area (Å²) in [5.74, 6) is -0.652. The lowest BCUT2D eigenvalue weighted by Gasteiger charge is -2.11. The van der Waals surface area contributed by atoms with Gasteiger partial charge in [-0.05, 0) is 52.3 Å². The molecule has 2 rings (SSSR count). The van der Waals surface area contributed by atoms with Crippen LogP contribution in [-0.4, -0.2) is 13.5 Å². The van der Waals surface area contributed by atoms with E-state index in [0.717, 1.165) is 22.7 Å². The zero-order valence-corrected chi connectivity index (χ0v) is 14.5. The molecule has 2 N–H and O–H groups in total. The van der Waals surface area contributed by atoms with E-state index in [2.05, 4.69) is 36.6 Å². The van der Waals surface area contributed by atoms with Gasteiger partial charge < -0.3 is 5.11 Å². The highest BCUT2D eigenvalue weighted by Crippen LogP contribution is 2.28. The van der Waals surface area contributed by atoms with E-state index in [1.54, 1.807) is 18.2 Å². The first-order chi connectivity index (χ1) is 9.83. The van der Waals surface area contributed by atoms with Gasteiger partial charge >= 0.3 is 0 Å². The molecule has 112 valence electrons. The Hall–Kier alpha value is -0.960. The van der Waals surface area contributed by atoms with Crippen molar-refractivity contribution in [3.05, 3.63) is 56.7 Å². The molecular weight excluding hydrogens is 429 g/mol. The van der Waals surface area contributed by atoms with Crippen LogP contribution in [0.3, 0.4) is 0 Å². The van der Waals surface area contributed by atoms with Crippen molar-refractivity contribution in [1.82, 2.24) is 0 Å². The van der Waals surface area contributed by atoms with Crippen LogP contribution in [0.5, 0.6) is 0 Å². The lowest BCUT2D eigenvalue weighted by molar-refractivity contribution is 0.275. The highest BCUT2D eigenvalue weighted by molar-refractivity contribution is 9.11. The molecule has 21 heavy (non-hydrogen) atoms. The highest BCUT2D eigenvalue weighted by Gasteiger charge is 2.17. The zero-order chi connectivity index (χ0) is 15.6. The van der Waals surface area contributed by atoms with Gasteiger partial charge in [-0.3, -0.25) is 4.72 Å². The first-order valence-electron chi connectivity index (χ1n) is 5.70. The Morgan fingerprint density at radius 2 is 1.86 bits per heavy atom. The van der Waals surface area contributed by atoms with Gasteiger partial charge in [0.1, 0.15) is 5.82 Å². The molecular formula is C13H10Br2FNO3S. The first kappa shape index (κ1) is 16.4. The van der Waals surface area contributed by atoms with Crippen LogP contribution < -0.4 is 4.72 Å². The predicted octanol–water partition coefficient (Wildman–Crippen LogP) is 3.64. The monoisotopic (exact) mass is 437 g/mol. The molecule has 2 aromatic rings. The Kier molecular flexibility index (Phi) is 5.03. The van der Waals surface area contributed by atoms with Crippen LogP contribution in [0.15, 0.2) is 50.2 Å². The number of hydrogen-bond acceptors (Lipinski definition) is 3. The molecule has 0 atom stereocenters. The summed E-state index contributed by atoms with van der Waals surface area (Å²) < 4.78 is 41.6. The van der Waals surface area contributed by atoms with Crippen LogP contribution in [0.1, 0.15) is 5.56 Å². The molecule has 0 unspecified atom stereocenters. The van der Waals surface area contributed by atoms with Crippen LogP contribution in [0, 0.1) is 5.82 Å². The molecule has 8 heteroatoms. The van der Waals surface area contributed by atoms with Gasteiger partial charge in [-0.25, -0.2) is 12.8 Å². The zero-order valence-electron chi connectivity index (χ0n) is 10.5. The maximum atomic E-state index is 13.3. The number of rotatable bonds is 4. The van der Waals surface area contributed by atoms with E-state index in [4.69, 9.17) is 5.11 Å². The van der Waals surface area contributed by atoms with Crippen molar-refractivity contribution >= 4 is 47.6 Å². The van der Waals surface area contributed by atoms with Crippen molar-refractivity contribution in [3.63, 3.8) is 0 Å². The molecule has 0 bridgehead atoms. The molecule has 2 aromatic carbocycles. The van der Waals surface area contributed by atoms with E-state index >= 15 is 0 Å². The van der Waals surface area contributed by atoms with E-state index in [1.165, 1.54) is 0 Å². The average molecular weight is 439 g/mol. The largest absolute Gasteiger partial charge is 0.392 e. The first-order valence-corrected chi connectivity index (χ1v) is 8.77. The van der Waals surface area contributed by atoms with E-state index in [-0.39, 0.29) is 10.5 Å². The molecule has 0 saturated heterocycles. The van der Waals surface area contributed by atoms with Gasteiger partial charge in [0, 0.05) is 14.5 Å². The standard InChI is InChI=1S/C13H10Br2FNO3S/c14-9-1-4-13(11(15)6-9)17-21(19,20)10-2-3-12(16)8(5-10)7-18/h1-6,17-18H,7H2. The van der Waals surface area contributed by atoms with E-state index < -0.39 is 22.4 Å². The van der Waals surface area contributed by atoms with Gasteiger partial charge in [0.25, 0.3) is 10.0 Å². The van der Waals surface area contributed by atoms with Gasteiger partial charge in [0.2, 0.25) is 0 Å². The Labute approximate surface area is 138 Å². The van der Waals surface area contributed by atoms with Crippen molar-refractivity contribution in [3.8, 4) is 0 Å². The number of aliphatic hydroxyl groups is 1. The summed E-state index contributed by atoms with van der Waals surface area (Å²) in [5, 5.41) is 9.01. The lowest BCUT2D eigenvalue weighted by atomic mass is 10.2. The van der Waals surface area contributed by atoms with Crippen LogP contribution in [0.25, 0.3) is 0 Å².